The molecule has 15 heavy (non-hydrogen) atoms. The van der Waals surface area contributed by atoms with Gasteiger partial charge in [-0.15, -0.1) is 5.10 Å². The molecule has 7 heteroatoms. The van der Waals surface area contributed by atoms with Crippen molar-refractivity contribution in [2.45, 2.75) is 11.6 Å². The van der Waals surface area contributed by atoms with Crippen LogP contribution in [0.4, 0.5) is 0 Å². The Morgan fingerprint density at radius 2 is 2.40 bits per heavy atom. The first-order valence-electron chi connectivity index (χ1n) is 4.99. The van der Waals surface area contributed by atoms with Gasteiger partial charge in [-0.1, -0.05) is 0 Å². The fourth-order valence-corrected chi connectivity index (χ4v) is 2.09. The van der Waals surface area contributed by atoms with E-state index in [-0.39, 0.29) is 11.6 Å². The molecule has 0 aliphatic carbocycles. The molecular formula is C8H13N5O2. The summed E-state index contributed by atoms with van der Waals surface area (Å²) < 4.78 is 12.7. The second-order valence-electron chi connectivity index (χ2n) is 3.95. The van der Waals surface area contributed by atoms with Crippen LogP contribution in [0.5, 0.6) is 0 Å². The Hall–Kier alpha value is -1.05. The molecule has 0 saturated carbocycles. The number of hydrogen-bond acceptors (Lipinski definition) is 6. The number of nitrogens with one attached hydrogen (secondary N) is 1. The Kier molecular flexibility index (Phi) is 1.98. The van der Waals surface area contributed by atoms with E-state index in [0.717, 1.165) is 12.4 Å². The molecule has 1 N–H and O–H groups in total. The van der Waals surface area contributed by atoms with Gasteiger partial charge >= 0.3 is 0 Å². The largest absolute Gasteiger partial charge is 0.375 e. The summed E-state index contributed by atoms with van der Waals surface area (Å²) in [7, 11) is 1.83. The molecule has 2 aliphatic rings. The molecule has 3 heterocycles. The molecule has 82 valence electrons. The first-order chi connectivity index (χ1) is 7.32. The van der Waals surface area contributed by atoms with E-state index in [1.54, 1.807) is 4.68 Å². The molecule has 1 atom stereocenters. The van der Waals surface area contributed by atoms with Crippen LogP contribution in [0.1, 0.15) is 11.9 Å². The summed E-state index contributed by atoms with van der Waals surface area (Å²) in [6.07, 6.45) is 0. The average molecular weight is 211 g/mol. The minimum absolute atomic E-state index is 0.0278. The number of rotatable bonds is 1. The van der Waals surface area contributed by atoms with Crippen molar-refractivity contribution in [3.8, 4) is 0 Å². The van der Waals surface area contributed by atoms with Crippen molar-refractivity contribution in [2.75, 3.05) is 26.4 Å². The Bertz CT molecular complexity index is 362. The third kappa shape index (κ3) is 1.27. The quantitative estimate of drug-likeness (QED) is 0.618. The molecule has 1 aromatic heterocycles. The van der Waals surface area contributed by atoms with Gasteiger partial charge in [0, 0.05) is 13.6 Å². The molecule has 2 fully saturated rings. The van der Waals surface area contributed by atoms with Crippen molar-refractivity contribution in [3.63, 3.8) is 0 Å². The van der Waals surface area contributed by atoms with Crippen molar-refractivity contribution in [3.05, 3.63) is 5.82 Å². The molecule has 0 bridgehead atoms. The minimum atomic E-state index is -0.263. The molecule has 2 aliphatic heterocycles. The number of morpholine rings is 1. The van der Waals surface area contributed by atoms with Crippen molar-refractivity contribution in [1.29, 1.82) is 0 Å². The van der Waals surface area contributed by atoms with Gasteiger partial charge in [0.15, 0.2) is 5.82 Å². The molecule has 7 nitrogen and oxygen atoms in total. The number of ether oxygens (including phenoxy) is 2. The van der Waals surface area contributed by atoms with Crippen LogP contribution in [-0.4, -0.2) is 52.2 Å². The zero-order chi connectivity index (χ0) is 10.3. The maximum atomic E-state index is 5.80. The highest BCUT2D eigenvalue weighted by Crippen LogP contribution is 2.36. The number of tetrazole rings is 1. The lowest BCUT2D eigenvalue weighted by Crippen LogP contribution is -2.63. The van der Waals surface area contributed by atoms with Crippen molar-refractivity contribution >= 4 is 0 Å². The van der Waals surface area contributed by atoms with E-state index in [4.69, 9.17) is 9.47 Å². The van der Waals surface area contributed by atoms with Gasteiger partial charge < -0.3 is 14.8 Å². The third-order valence-corrected chi connectivity index (χ3v) is 2.97. The van der Waals surface area contributed by atoms with Crippen molar-refractivity contribution in [1.82, 2.24) is 25.5 Å². The number of aromatic nitrogens is 4. The standard InChI is InChI=1S/C8H13N5O2/c1-13-7(10-11-12-13)6-8(4-14-5-8)15-3-2-9-6/h6,9H,2-5H2,1H3. The van der Waals surface area contributed by atoms with Crippen LogP contribution in [-0.2, 0) is 16.5 Å². The molecule has 3 rings (SSSR count). The van der Waals surface area contributed by atoms with Gasteiger partial charge in [-0.3, -0.25) is 0 Å². The summed E-state index contributed by atoms with van der Waals surface area (Å²) in [6, 6.07) is 0.0278. The van der Waals surface area contributed by atoms with Gasteiger partial charge in [-0.05, 0) is 10.4 Å². The van der Waals surface area contributed by atoms with Crippen LogP contribution < -0.4 is 5.32 Å². The number of nitrogens with zero attached hydrogens (tertiary/aromatic N) is 4. The monoisotopic (exact) mass is 211 g/mol. The third-order valence-electron chi connectivity index (χ3n) is 2.97. The molecule has 0 amide bonds. The highest BCUT2D eigenvalue weighted by molar-refractivity contribution is 5.09. The summed E-state index contributed by atoms with van der Waals surface area (Å²) in [5.41, 5.74) is -0.263. The molecule has 0 aromatic carbocycles. The van der Waals surface area contributed by atoms with Gasteiger partial charge in [0.1, 0.15) is 11.6 Å². The summed E-state index contributed by atoms with van der Waals surface area (Å²) in [6.45, 7) is 2.75. The van der Waals surface area contributed by atoms with Gasteiger partial charge in [0.25, 0.3) is 0 Å². The van der Waals surface area contributed by atoms with Crippen LogP contribution in [0.25, 0.3) is 0 Å². The van der Waals surface area contributed by atoms with Crippen LogP contribution >= 0.6 is 0 Å². The highest BCUT2D eigenvalue weighted by atomic mass is 16.6. The van der Waals surface area contributed by atoms with Crippen LogP contribution in [0.15, 0.2) is 0 Å². The first-order valence-corrected chi connectivity index (χ1v) is 4.99. The lowest BCUT2D eigenvalue weighted by Gasteiger charge is -2.48. The summed E-state index contributed by atoms with van der Waals surface area (Å²) in [5, 5.41) is 14.9. The van der Waals surface area contributed by atoms with E-state index in [9.17, 15) is 0 Å². The van der Waals surface area contributed by atoms with E-state index in [1.807, 2.05) is 7.05 Å². The topological polar surface area (TPSA) is 74.1 Å². The summed E-state index contributed by atoms with van der Waals surface area (Å²) in [5.74, 6) is 0.804. The van der Waals surface area contributed by atoms with E-state index >= 15 is 0 Å². The Labute approximate surface area is 86.7 Å². The second-order valence-corrected chi connectivity index (χ2v) is 3.95. The van der Waals surface area contributed by atoms with E-state index in [2.05, 4.69) is 20.8 Å². The molecule has 1 spiro atoms. The first kappa shape index (κ1) is 9.20. The highest BCUT2D eigenvalue weighted by Gasteiger charge is 2.51. The van der Waals surface area contributed by atoms with Crippen molar-refractivity contribution < 1.29 is 9.47 Å². The molecular weight excluding hydrogens is 198 g/mol. The smallest absolute Gasteiger partial charge is 0.171 e. The van der Waals surface area contributed by atoms with Gasteiger partial charge in [-0.25, -0.2) is 4.68 Å². The molecule has 2 saturated heterocycles. The number of aryl methyl sites for hydroxylation is 1. The lowest BCUT2D eigenvalue weighted by atomic mass is 9.90. The SMILES string of the molecule is Cn1nnnc1C1NCCOC12COC2. The minimum Gasteiger partial charge on any atom is -0.375 e. The second kappa shape index (κ2) is 3.22. The van der Waals surface area contributed by atoms with Crippen LogP contribution in [0.3, 0.4) is 0 Å². The molecule has 1 aromatic rings. The Morgan fingerprint density at radius 3 is 3.00 bits per heavy atom. The lowest BCUT2D eigenvalue weighted by molar-refractivity contribution is -0.240. The van der Waals surface area contributed by atoms with E-state index in [0.29, 0.717) is 19.8 Å². The summed E-state index contributed by atoms with van der Waals surface area (Å²) >= 11 is 0. The number of hydrogen-bond donors (Lipinski definition) is 1. The zero-order valence-corrected chi connectivity index (χ0v) is 8.51. The Morgan fingerprint density at radius 1 is 1.53 bits per heavy atom. The predicted molar refractivity (Wildman–Crippen MR) is 49.0 cm³/mol. The molecule has 1 unspecified atom stereocenters. The zero-order valence-electron chi connectivity index (χ0n) is 8.51. The van der Waals surface area contributed by atoms with Crippen LogP contribution in [0.2, 0.25) is 0 Å². The van der Waals surface area contributed by atoms with Gasteiger partial charge in [0.05, 0.1) is 19.8 Å². The fraction of sp³-hybridized carbons (Fsp3) is 0.875. The van der Waals surface area contributed by atoms with Gasteiger partial charge in [-0.2, -0.15) is 0 Å². The Balaban J connectivity index is 1.92. The average Bonchev–Trinajstić information content (AvgIpc) is 2.62. The normalized spacial score (nSPS) is 29.0. The van der Waals surface area contributed by atoms with E-state index in [1.165, 1.54) is 0 Å². The van der Waals surface area contributed by atoms with Crippen LogP contribution in [0, 0.1) is 0 Å². The van der Waals surface area contributed by atoms with Crippen molar-refractivity contribution in [2.24, 2.45) is 7.05 Å². The maximum absolute atomic E-state index is 5.80. The predicted octanol–water partition coefficient (Wildman–Crippen LogP) is -1.36. The van der Waals surface area contributed by atoms with E-state index < -0.39 is 0 Å². The summed E-state index contributed by atoms with van der Waals surface area (Å²) in [4.78, 5) is 0. The van der Waals surface area contributed by atoms with Gasteiger partial charge in [0.2, 0.25) is 0 Å². The maximum Gasteiger partial charge on any atom is 0.171 e. The fourth-order valence-electron chi connectivity index (χ4n) is 2.09. The molecule has 0 radical (unpaired) electrons.